The average molecular weight is 306 g/mol. The fraction of sp³-hybridized carbons (Fsp3) is 0.105. The van der Waals surface area contributed by atoms with Crippen LogP contribution in [0.5, 0.6) is 5.75 Å². The number of anilines is 1. The predicted octanol–water partition coefficient (Wildman–Crippen LogP) is 5.30. The van der Waals surface area contributed by atoms with Gasteiger partial charge in [0.1, 0.15) is 11.6 Å². The summed E-state index contributed by atoms with van der Waals surface area (Å²) in [4.78, 5) is 3.46. The van der Waals surface area contributed by atoms with Gasteiger partial charge in [-0.3, -0.25) is 0 Å². The Balaban J connectivity index is 1.63. The monoisotopic (exact) mass is 306 g/mol. The Bertz CT molecular complexity index is 812. The molecule has 0 amide bonds. The highest BCUT2D eigenvalue weighted by atomic mass is 32.2. The first kappa shape index (κ1) is 13.5. The van der Waals surface area contributed by atoms with Crippen LogP contribution in [0.2, 0.25) is 0 Å². The van der Waals surface area contributed by atoms with Crippen molar-refractivity contribution in [3.8, 4) is 5.75 Å². The SMILES string of the molecule is CC(Oc1cccc2ccccc12)N1[CH]Sc2ccccc21. The highest BCUT2D eigenvalue weighted by Crippen LogP contribution is 2.42. The summed E-state index contributed by atoms with van der Waals surface area (Å²) in [6.07, 6.45) is -0.0537. The van der Waals surface area contributed by atoms with Gasteiger partial charge in [-0.15, -0.1) is 0 Å². The lowest BCUT2D eigenvalue weighted by molar-refractivity contribution is 0.228. The molecular weight excluding hydrogens is 290 g/mol. The average Bonchev–Trinajstić information content (AvgIpc) is 2.99. The summed E-state index contributed by atoms with van der Waals surface area (Å²) in [5, 5.41) is 2.35. The lowest BCUT2D eigenvalue weighted by Gasteiger charge is -2.27. The molecule has 0 spiro atoms. The summed E-state index contributed by atoms with van der Waals surface area (Å²) >= 11 is 1.74. The second-order valence-corrected chi connectivity index (χ2v) is 6.18. The van der Waals surface area contributed by atoms with Crippen molar-refractivity contribution in [2.24, 2.45) is 0 Å². The van der Waals surface area contributed by atoms with E-state index in [9.17, 15) is 0 Å². The van der Waals surface area contributed by atoms with Gasteiger partial charge in [0.25, 0.3) is 0 Å². The van der Waals surface area contributed by atoms with E-state index in [1.54, 1.807) is 11.8 Å². The molecule has 4 rings (SSSR count). The molecule has 3 aromatic rings. The maximum absolute atomic E-state index is 6.25. The number of hydrogen-bond donors (Lipinski definition) is 0. The molecule has 1 atom stereocenters. The molecule has 0 aromatic heterocycles. The van der Waals surface area contributed by atoms with Crippen molar-refractivity contribution in [3.63, 3.8) is 0 Å². The molecule has 0 aliphatic carbocycles. The molecule has 1 radical (unpaired) electrons. The van der Waals surface area contributed by atoms with Crippen LogP contribution < -0.4 is 9.64 Å². The van der Waals surface area contributed by atoms with Crippen molar-refractivity contribution in [1.82, 2.24) is 0 Å². The van der Waals surface area contributed by atoms with E-state index in [2.05, 4.69) is 66.2 Å². The topological polar surface area (TPSA) is 12.5 Å². The number of rotatable bonds is 3. The quantitative estimate of drug-likeness (QED) is 0.652. The molecular formula is C19H16NOS. The summed E-state index contributed by atoms with van der Waals surface area (Å²) in [7, 11) is 0. The Labute approximate surface area is 134 Å². The van der Waals surface area contributed by atoms with E-state index in [0.717, 1.165) is 11.1 Å². The second kappa shape index (κ2) is 5.58. The number of para-hydroxylation sites is 1. The molecule has 22 heavy (non-hydrogen) atoms. The summed E-state index contributed by atoms with van der Waals surface area (Å²) in [6, 6.07) is 22.9. The van der Waals surface area contributed by atoms with Crippen molar-refractivity contribution in [2.45, 2.75) is 18.0 Å². The lowest BCUT2D eigenvalue weighted by Crippen LogP contribution is -2.32. The van der Waals surface area contributed by atoms with E-state index in [1.807, 2.05) is 18.2 Å². The van der Waals surface area contributed by atoms with Crippen LogP contribution in [0.3, 0.4) is 0 Å². The highest BCUT2D eigenvalue weighted by Gasteiger charge is 2.25. The zero-order valence-electron chi connectivity index (χ0n) is 12.3. The van der Waals surface area contributed by atoms with E-state index < -0.39 is 0 Å². The highest BCUT2D eigenvalue weighted by molar-refractivity contribution is 8.01. The van der Waals surface area contributed by atoms with Crippen molar-refractivity contribution in [3.05, 3.63) is 72.6 Å². The van der Waals surface area contributed by atoms with Crippen LogP contribution in [0.15, 0.2) is 71.6 Å². The smallest absolute Gasteiger partial charge is 0.170 e. The first-order valence-electron chi connectivity index (χ1n) is 7.35. The van der Waals surface area contributed by atoms with Crippen LogP contribution in [-0.4, -0.2) is 6.23 Å². The van der Waals surface area contributed by atoms with Crippen LogP contribution in [-0.2, 0) is 0 Å². The Morgan fingerprint density at radius 1 is 0.909 bits per heavy atom. The van der Waals surface area contributed by atoms with Crippen LogP contribution >= 0.6 is 11.8 Å². The largest absolute Gasteiger partial charge is 0.470 e. The molecule has 0 bridgehead atoms. The number of nitrogens with zero attached hydrogens (tertiary/aromatic N) is 1. The molecule has 0 saturated heterocycles. The molecule has 1 heterocycles. The zero-order chi connectivity index (χ0) is 14.9. The Kier molecular flexibility index (Phi) is 3.43. The van der Waals surface area contributed by atoms with Gasteiger partial charge in [-0.1, -0.05) is 60.3 Å². The normalized spacial score (nSPS) is 14.9. The van der Waals surface area contributed by atoms with Crippen LogP contribution in [0.4, 0.5) is 5.69 Å². The summed E-state index contributed by atoms with van der Waals surface area (Å²) in [5.41, 5.74) is 1.21. The molecule has 1 unspecified atom stereocenters. The summed E-state index contributed by atoms with van der Waals surface area (Å²) in [5.74, 6) is 3.05. The van der Waals surface area contributed by atoms with Gasteiger partial charge in [0, 0.05) is 10.3 Å². The van der Waals surface area contributed by atoms with Crippen LogP contribution in [0.1, 0.15) is 6.92 Å². The van der Waals surface area contributed by atoms with E-state index in [1.165, 1.54) is 16.0 Å². The third-order valence-electron chi connectivity index (χ3n) is 3.88. The number of benzene rings is 3. The van der Waals surface area contributed by atoms with Crippen molar-refractivity contribution in [1.29, 1.82) is 0 Å². The molecule has 1 aliphatic rings. The third kappa shape index (κ3) is 2.32. The lowest BCUT2D eigenvalue weighted by atomic mass is 10.1. The standard InChI is InChI=1S/C19H16NOS/c1-14(20-13-22-19-12-5-4-10-17(19)20)21-18-11-6-8-15-7-2-3-9-16(15)18/h2-14H,1H3. The maximum Gasteiger partial charge on any atom is 0.170 e. The van der Waals surface area contributed by atoms with Gasteiger partial charge in [0.05, 0.1) is 5.69 Å². The fourth-order valence-electron chi connectivity index (χ4n) is 2.76. The minimum Gasteiger partial charge on any atom is -0.470 e. The van der Waals surface area contributed by atoms with Gasteiger partial charge in [-0.25, -0.2) is 0 Å². The molecule has 0 N–H and O–H groups in total. The Morgan fingerprint density at radius 2 is 1.68 bits per heavy atom. The van der Waals surface area contributed by atoms with E-state index in [0.29, 0.717) is 0 Å². The zero-order valence-corrected chi connectivity index (χ0v) is 13.1. The number of thioether (sulfide) groups is 1. The van der Waals surface area contributed by atoms with E-state index in [4.69, 9.17) is 4.74 Å². The Hall–Kier alpha value is -2.13. The first-order chi connectivity index (χ1) is 10.8. The molecule has 3 aromatic carbocycles. The number of ether oxygens (including phenoxy) is 1. The molecule has 1 aliphatic heterocycles. The van der Waals surface area contributed by atoms with E-state index in [-0.39, 0.29) is 6.23 Å². The molecule has 109 valence electrons. The summed E-state index contributed by atoms with van der Waals surface area (Å²) in [6.45, 7) is 2.08. The van der Waals surface area contributed by atoms with Gasteiger partial charge >= 0.3 is 0 Å². The minimum atomic E-state index is -0.0537. The molecule has 0 saturated carbocycles. The van der Waals surface area contributed by atoms with Crippen molar-refractivity contribution < 1.29 is 4.74 Å². The van der Waals surface area contributed by atoms with Gasteiger partial charge < -0.3 is 9.64 Å². The number of fused-ring (bicyclic) bond motifs is 2. The maximum atomic E-state index is 6.25. The first-order valence-corrected chi connectivity index (χ1v) is 8.23. The third-order valence-corrected chi connectivity index (χ3v) is 4.81. The minimum absolute atomic E-state index is 0.0537. The summed E-state index contributed by atoms with van der Waals surface area (Å²) < 4.78 is 6.25. The Morgan fingerprint density at radius 3 is 2.64 bits per heavy atom. The molecule has 2 nitrogen and oxygen atoms in total. The van der Waals surface area contributed by atoms with Gasteiger partial charge in [0.2, 0.25) is 0 Å². The van der Waals surface area contributed by atoms with Crippen LogP contribution in [0, 0.1) is 5.88 Å². The van der Waals surface area contributed by atoms with Crippen molar-refractivity contribution in [2.75, 3.05) is 4.90 Å². The predicted molar refractivity (Wildman–Crippen MR) is 93.1 cm³/mol. The van der Waals surface area contributed by atoms with E-state index >= 15 is 0 Å². The van der Waals surface area contributed by atoms with Crippen molar-refractivity contribution >= 4 is 28.2 Å². The number of hydrogen-bond acceptors (Lipinski definition) is 3. The van der Waals surface area contributed by atoms with Crippen LogP contribution in [0.25, 0.3) is 10.8 Å². The molecule has 0 fully saturated rings. The van der Waals surface area contributed by atoms with Gasteiger partial charge in [-0.05, 0) is 30.5 Å². The van der Waals surface area contributed by atoms with Gasteiger partial charge in [0.15, 0.2) is 6.23 Å². The molecule has 3 heteroatoms. The van der Waals surface area contributed by atoms with Gasteiger partial charge in [-0.2, -0.15) is 0 Å². The fourth-order valence-corrected chi connectivity index (χ4v) is 3.72. The second-order valence-electron chi connectivity index (χ2n) is 5.29.